The van der Waals surface area contributed by atoms with E-state index in [2.05, 4.69) is 26.0 Å². The Kier molecular flexibility index (Phi) is 7.20. The molecule has 2 rings (SSSR count). The van der Waals surface area contributed by atoms with Crippen LogP contribution in [0.5, 0.6) is 0 Å². The Morgan fingerprint density at radius 3 is 2.52 bits per heavy atom. The Labute approximate surface area is 158 Å². The molecule has 6 heteroatoms. The summed E-state index contributed by atoms with van der Waals surface area (Å²) in [6, 6.07) is 8.19. The number of benzene rings is 1. The molecule has 25 heavy (non-hydrogen) atoms. The summed E-state index contributed by atoms with van der Waals surface area (Å²) in [6.45, 7) is 4.82. The Hall–Kier alpha value is -1.66. The van der Waals surface area contributed by atoms with Crippen LogP contribution in [0.2, 0.25) is 0 Å². The summed E-state index contributed by atoms with van der Waals surface area (Å²) in [5.41, 5.74) is 2.25. The molecule has 0 bridgehead atoms. The number of unbranched alkanes of at least 4 members (excludes halogenated alkanes) is 2. The molecule has 1 aromatic carbocycles. The topological polar surface area (TPSA) is 60.4 Å². The Morgan fingerprint density at radius 1 is 1.24 bits per heavy atom. The molecule has 0 N–H and O–H groups in total. The highest BCUT2D eigenvalue weighted by Crippen LogP contribution is 2.33. The highest BCUT2D eigenvalue weighted by Gasteiger charge is 2.31. The lowest BCUT2D eigenvalue weighted by Crippen LogP contribution is -2.29. The van der Waals surface area contributed by atoms with Crippen LogP contribution in [-0.4, -0.2) is 27.6 Å². The van der Waals surface area contributed by atoms with Crippen molar-refractivity contribution in [2.75, 3.05) is 6.54 Å². The van der Waals surface area contributed by atoms with Crippen molar-refractivity contribution in [3.63, 3.8) is 0 Å². The van der Waals surface area contributed by atoms with E-state index >= 15 is 0 Å². The number of thioether (sulfide) groups is 1. The number of amides is 1. The number of carboxylic acids is 1. The second-order valence-electron chi connectivity index (χ2n) is 6.34. The molecule has 0 radical (unpaired) electrons. The van der Waals surface area contributed by atoms with Crippen LogP contribution in [0, 0.1) is 0 Å². The van der Waals surface area contributed by atoms with Crippen molar-refractivity contribution in [1.82, 2.24) is 4.90 Å². The van der Waals surface area contributed by atoms with E-state index in [1.165, 1.54) is 17.3 Å². The molecule has 1 aliphatic rings. The van der Waals surface area contributed by atoms with Crippen LogP contribution in [0.3, 0.4) is 0 Å². The lowest BCUT2D eigenvalue weighted by Gasteiger charge is -2.14. The summed E-state index contributed by atoms with van der Waals surface area (Å²) < 4.78 is 0.565. The van der Waals surface area contributed by atoms with Gasteiger partial charge in [0.1, 0.15) is 4.32 Å². The average Bonchev–Trinajstić information content (AvgIpc) is 2.82. The van der Waals surface area contributed by atoms with Crippen molar-refractivity contribution in [2.24, 2.45) is 0 Å². The van der Waals surface area contributed by atoms with Crippen LogP contribution >= 0.6 is 24.0 Å². The number of aliphatic carboxylic acids is 1. The molecule has 0 saturated carbocycles. The van der Waals surface area contributed by atoms with Crippen molar-refractivity contribution in [1.29, 1.82) is 0 Å². The average molecular weight is 377 g/mol. The van der Waals surface area contributed by atoms with Crippen LogP contribution in [0.4, 0.5) is 0 Å². The quantitative estimate of drug-likeness (QED) is 0.396. The molecular formula is C19H22NO3S2-. The number of carbonyl (C=O) groups is 2. The zero-order chi connectivity index (χ0) is 18.4. The van der Waals surface area contributed by atoms with E-state index < -0.39 is 5.97 Å². The second kappa shape index (κ2) is 9.15. The summed E-state index contributed by atoms with van der Waals surface area (Å²) in [4.78, 5) is 25.1. The van der Waals surface area contributed by atoms with Crippen molar-refractivity contribution >= 4 is 46.3 Å². The molecule has 134 valence electrons. The van der Waals surface area contributed by atoms with Gasteiger partial charge < -0.3 is 9.90 Å². The fourth-order valence-electron chi connectivity index (χ4n) is 2.54. The molecule has 1 heterocycles. The smallest absolute Gasteiger partial charge is 0.266 e. The largest absolute Gasteiger partial charge is 0.550 e. The van der Waals surface area contributed by atoms with Crippen LogP contribution in [-0.2, 0) is 9.59 Å². The van der Waals surface area contributed by atoms with Gasteiger partial charge in [0.05, 0.1) is 4.91 Å². The minimum absolute atomic E-state index is 0.0602. The summed E-state index contributed by atoms with van der Waals surface area (Å²) in [5, 5.41) is 10.4. The molecule has 1 saturated heterocycles. The first-order chi connectivity index (χ1) is 11.9. The monoisotopic (exact) mass is 376 g/mol. The van der Waals surface area contributed by atoms with Gasteiger partial charge in [0, 0.05) is 12.5 Å². The maximum Gasteiger partial charge on any atom is 0.266 e. The van der Waals surface area contributed by atoms with Crippen LogP contribution < -0.4 is 5.11 Å². The lowest BCUT2D eigenvalue weighted by molar-refractivity contribution is -0.305. The minimum atomic E-state index is -1.03. The van der Waals surface area contributed by atoms with Gasteiger partial charge in [-0.25, -0.2) is 0 Å². The van der Waals surface area contributed by atoms with E-state index in [-0.39, 0.29) is 12.3 Å². The fraction of sp³-hybridized carbons (Fsp3) is 0.421. The molecule has 0 aromatic heterocycles. The second-order valence-corrected chi connectivity index (χ2v) is 8.01. The number of hydrogen-bond donors (Lipinski definition) is 0. The summed E-state index contributed by atoms with van der Waals surface area (Å²) >= 11 is 6.63. The van der Waals surface area contributed by atoms with Gasteiger partial charge in [-0.3, -0.25) is 9.69 Å². The Morgan fingerprint density at radius 2 is 1.92 bits per heavy atom. The molecule has 1 fully saturated rings. The Bertz CT molecular complexity index is 680. The molecule has 0 aliphatic carbocycles. The van der Waals surface area contributed by atoms with Gasteiger partial charge in [-0.2, -0.15) is 0 Å². The number of carboxylic acid groups (broad SMARTS) is 1. The van der Waals surface area contributed by atoms with E-state index in [0.717, 1.165) is 18.4 Å². The predicted octanol–water partition coefficient (Wildman–Crippen LogP) is 3.32. The summed E-state index contributed by atoms with van der Waals surface area (Å²) in [5.74, 6) is -0.621. The van der Waals surface area contributed by atoms with Gasteiger partial charge in [-0.1, -0.05) is 68.5 Å². The first-order valence-corrected chi connectivity index (χ1v) is 9.66. The van der Waals surface area contributed by atoms with E-state index in [4.69, 9.17) is 12.2 Å². The first kappa shape index (κ1) is 19.7. The highest BCUT2D eigenvalue weighted by atomic mass is 32.2. The number of nitrogens with zero attached hydrogens (tertiary/aromatic N) is 1. The zero-order valence-electron chi connectivity index (χ0n) is 14.5. The summed E-state index contributed by atoms with van der Waals surface area (Å²) in [7, 11) is 0. The fourth-order valence-corrected chi connectivity index (χ4v) is 3.85. The molecular weight excluding hydrogens is 354 g/mol. The normalized spacial score (nSPS) is 16.3. The standard InChI is InChI=1S/C19H23NO3S2/c1-13(2)15-9-7-14(8-10-15)12-16-18(23)20(19(24)25-16)11-5-3-4-6-17(21)22/h7-10,12-13H,3-6,11H2,1-2H3,(H,21,22)/p-1/b16-12+. The van der Waals surface area contributed by atoms with E-state index in [1.807, 2.05) is 18.2 Å². The number of hydrogen-bond acceptors (Lipinski definition) is 5. The van der Waals surface area contributed by atoms with Gasteiger partial charge in [0.15, 0.2) is 0 Å². The zero-order valence-corrected chi connectivity index (χ0v) is 16.1. The van der Waals surface area contributed by atoms with E-state index in [9.17, 15) is 14.7 Å². The van der Waals surface area contributed by atoms with Crippen LogP contribution in [0.25, 0.3) is 6.08 Å². The molecule has 1 aliphatic heterocycles. The molecule has 0 unspecified atom stereocenters. The first-order valence-electron chi connectivity index (χ1n) is 8.43. The van der Waals surface area contributed by atoms with E-state index in [1.54, 1.807) is 4.90 Å². The molecule has 0 atom stereocenters. The molecule has 1 aromatic rings. The SMILES string of the molecule is CC(C)c1ccc(/C=C2/SC(=S)N(CCCCCC(=O)[O-])C2=O)cc1. The van der Waals surface area contributed by atoms with Crippen molar-refractivity contribution in [3.8, 4) is 0 Å². The van der Waals surface area contributed by atoms with Gasteiger partial charge in [-0.05, 0) is 42.4 Å². The van der Waals surface area contributed by atoms with Crippen LogP contribution in [0.15, 0.2) is 29.2 Å². The number of rotatable bonds is 8. The molecule has 1 amide bonds. The van der Waals surface area contributed by atoms with Crippen molar-refractivity contribution < 1.29 is 14.7 Å². The van der Waals surface area contributed by atoms with Gasteiger partial charge in [0.25, 0.3) is 5.91 Å². The van der Waals surface area contributed by atoms with Crippen LogP contribution in [0.1, 0.15) is 56.6 Å². The third-order valence-corrected chi connectivity index (χ3v) is 5.41. The number of carbonyl (C=O) groups excluding carboxylic acids is 2. The maximum absolute atomic E-state index is 12.5. The molecule has 0 spiro atoms. The Balaban J connectivity index is 1.94. The maximum atomic E-state index is 12.5. The third kappa shape index (κ3) is 5.68. The third-order valence-electron chi connectivity index (χ3n) is 4.04. The highest BCUT2D eigenvalue weighted by molar-refractivity contribution is 8.26. The van der Waals surface area contributed by atoms with Crippen molar-refractivity contribution in [3.05, 3.63) is 40.3 Å². The lowest BCUT2D eigenvalue weighted by atomic mass is 10.0. The van der Waals surface area contributed by atoms with Gasteiger partial charge in [-0.15, -0.1) is 0 Å². The molecule has 4 nitrogen and oxygen atoms in total. The predicted molar refractivity (Wildman–Crippen MR) is 104 cm³/mol. The summed E-state index contributed by atoms with van der Waals surface area (Å²) in [6.07, 6.45) is 3.97. The van der Waals surface area contributed by atoms with E-state index in [0.29, 0.717) is 28.1 Å². The minimum Gasteiger partial charge on any atom is -0.550 e. The van der Waals surface area contributed by atoms with Crippen molar-refractivity contribution in [2.45, 2.75) is 45.4 Å². The van der Waals surface area contributed by atoms with Gasteiger partial charge >= 0.3 is 0 Å². The van der Waals surface area contributed by atoms with Gasteiger partial charge in [0.2, 0.25) is 0 Å². The number of thiocarbonyl (C=S) groups is 1.